The van der Waals surface area contributed by atoms with E-state index >= 15 is 0 Å². The summed E-state index contributed by atoms with van der Waals surface area (Å²) in [5.41, 5.74) is 16.3. The van der Waals surface area contributed by atoms with E-state index in [0.29, 0.717) is 5.69 Å². The van der Waals surface area contributed by atoms with Gasteiger partial charge in [0.15, 0.2) is 5.96 Å². The molecule has 1 aromatic rings. The van der Waals surface area contributed by atoms with Gasteiger partial charge in [0.05, 0.1) is 5.69 Å². The molecule has 0 aromatic heterocycles. The van der Waals surface area contributed by atoms with Gasteiger partial charge in [0.25, 0.3) is 0 Å². The molecule has 0 heterocycles. The zero-order chi connectivity index (χ0) is 13.1. The minimum absolute atomic E-state index is 0. The maximum atomic E-state index is 10.9. The van der Waals surface area contributed by atoms with E-state index in [-0.39, 0.29) is 37.2 Å². The smallest absolute Gasteiger partial charge is 0.323 e. The average molecular weight is 309 g/mol. The molecular formula is C11H18Cl2N4O2. The molecule has 0 saturated heterocycles. The van der Waals surface area contributed by atoms with Crippen LogP contribution in [0.1, 0.15) is 12.5 Å². The number of aliphatic imine (C=N–C) groups is 1. The number of guanidine groups is 1. The van der Waals surface area contributed by atoms with E-state index in [1.54, 1.807) is 24.3 Å². The first kappa shape index (κ1) is 19.8. The third-order valence-corrected chi connectivity index (χ3v) is 2.25. The lowest BCUT2D eigenvalue weighted by molar-refractivity contribution is -0.142. The summed E-state index contributed by atoms with van der Waals surface area (Å²) >= 11 is 0. The van der Waals surface area contributed by atoms with Crippen LogP contribution in [-0.2, 0) is 11.2 Å². The first-order chi connectivity index (χ1) is 7.81. The van der Waals surface area contributed by atoms with Crippen molar-refractivity contribution in [1.82, 2.24) is 0 Å². The van der Waals surface area contributed by atoms with E-state index in [1.807, 2.05) is 0 Å². The van der Waals surface area contributed by atoms with Crippen molar-refractivity contribution in [2.75, 3.05) is 0 Å². The van der Waals surface area contributed by atoms with Gasteiger partial charge in [0.1, 0.15) is 5.54 Å². The molecule has 0 radical (unpaired) electrons. The van der Waals surface area contributed by atoms with Crippen molar-refractivity contribution in [3.8, 4) is 0 Å². The Kier molecular flexibility index (Phi) is 8.17. The number of halogens is 2. The molecule has 108 valence electrons. The topological polar surface area (TPSA) is 128 Å². The Morgan fingerprint density at radius 2 is 1.74 bits per heavy atom. The number of hydrogen-bond donors (Lipinski definition) is 4. The number of carbonyl (C=O) groups is 1. The lowest BCUT2D eigenvalue weighted by Crippen LogP contribution is -2.46. The standard InChI is InChI=1S/C11H16N4O2.2ClH/c1-11(14,9(16)17)6-7-2-4-8(5-3-7)15-10(12)13;;/h2-5H,6,14H2,1H3,(H,16,17)(H4,12,13,15);2*1H/t11-;;/m1../s1. The highest BCUT2D eigenvalue weighted by Gasteiger charge is 2.27. The molecule has 7 N–H and O–H groups in total. The largest absolute Gasteiger partial charge is 0.480 e. The molecule has 0 amide bonds. The van der Waals surface area contributed by atoms with Crippen molar-refractivity contribution in [3.05, 3.63) is 29.8 Å². The molecule has 0 saturated carbocycles. The monoisotopic (exact) mass is 308 g/mol. The SMILES string of the molecule is C[C@@](N)(Cc1ccc(N=C(N)N)cc1)C(=O)O.Cl.Cl. The van der Waals surface area contributed by atoms with Crippen LogP contribution in [0, 0.1) is 0 Å². The van der Waals surface area contributed by atoms with E-state index in [9.17, 15) is 4.79 Å². The van der Waals surface area contributed by atoms with Crippen molar-refractivity contribution in [1.29, 1.82) is 0 Å². The third kappa shape index (κ3) is 6.28. The predicted octanol–water partition coefficient (Wildman–Crippen LogP) is 0.780. The molecule has 0 unspecified atom stereocenters. The fourth-order valence-electron chi connectivity index (χ4n) is 1.34. The second kappa shape index (κ2) is 7.83. The van der Waals surface area contributed by atoms with Gasteiger partial charge in [-0.1, -0.05) is 12.1 Å². The predicted molar refractivity (Wildman–Crippen MR) is 80.3 cm³/mol. The van der Waals surface area contributed by atoms with Gasteiger partial charge in [-0.25, -0.2) is 4.99 Å². The summed E-state index contributed by atoms with van der Waals surface area (Å²) < 4.78 is 0. The van der Waals surface area contributed by atoms with Crippen LogP contribution in [0.3, 0.4) is 0 Å². The van der Waals surface area contributed by atoms with E-state index in [4.69, 9.17) is 22.3 Å². The summed E-state index contributed by atoms with van der Waals surface area (Å²) in [6.07, 6.45) is 0.241. The Morgan fingerprint density at radius 1 is 1.26 bits per heavy atom. The zero-order valence-electron chi connectivity index (χ0n) is 10.4. The molecule has 8 heteroatoms. The van der Waals surface area contributed by atoms with Crippen LogP contribution in [-0.4, -0.2) is 22.6 Å². The maximum Gasteiger partial charge on any atom is 0.323 e. The van der Waals surface area contributed by atoms with Crippen LogP contribution in [0.2, 0.25) is 0 Å². The highest BCUT2D eigenvalue weighted by Crippen LogP contribution is 2.16. The fourth-order valence-corrected chi connectivity index (χ4v) is 1.34. The van der Waals surface area contributed by atoms with Crippen LogP contribution < -0.4 is 17.2 Å². The Balaban J connectivity index is 0. The molecule has 0 aliphatic heterocycles. The van der Waals surface area contributed by atoms with Gasteiger partial charge < -0.3 is 22.3 Å². The van der Waals surface area contributed by atoms with E-state index in [0.717, 1.165) is 5.56 Å². The van der Waals surface area contributed by atoms with Gasteiger partial charge in [-0.15, -0.1) is 24.8 Å². The van der Waals surface area contributed by atoms with Crippen molar-refractivity contribution < 1.29 is 9.90 Å². The summed E-state index contributed by atoms with van der Waals surface area (Å²) in [4.78, 5) is 14.7. The Labute approximate surface area is 123 Å². The maximum absolute atomic E-state index is 10.9. The number of carboxylic acid groups (broad SMARTS) is 1. The van der Waals surface area contributed by atoms with Crippen LogP contribution >= 0.6 is 24.8 Å². The van der Waals surface area contributed by atoms with Gasteiger partial charge >= 0.3 is 5.97 Å². The van der Waals surface area contributed by atoms with E-state index < -0.39 is 11.5 Å². The molecule has 0 aliphatic rings. The number of aliphatic carboxylic acids is 1. The molecule has 19 heavy (non-hydrogen) atoms. The Bertz CT molecular complexity index is 443. The molecule has 0 spiro atoms. The van der Waals surface area contributed by atoms with E-state index in [1.165, 1.54) is 6.92 Å². The summed E-state index contributed by atoms with van der Waals surface area (Å²) in [6.45, 7) is 1.47. The highest BCUT2D eigenvalue weighted by atomic mass is 35.5. The van der Waals surface area contributed by atoms with Crippen molar-refractivity contribution >= 4 is 42.4 Å². The summed E-state index contributed by atoms with van der Waals surface area (Å²) in [7, 11) is 0. The summed E-state index contributed by atoms with van der Waals surface area (Å²) in [6, 6.07) is 6.89. The molecule has 1 atom stereocenters. The molecular weight excluding hydrogens is 291 g/mol. The van der Waals surface area contributed by atoms with Crippen LogP contribution in [0.4, 0.5) is 5.69 Å². The number of benzene rings is 1. The average Bonchev–Trinajstić information content (AvgIpc) is 2.19. The van der Waals surface area contributed by atoms with Gasteiger partial charge in [-0.05, 0) is 24.6 Å². The number of rotatable bonds is 4. The third-order valence-electron chi connectivity index (χ3n) is 2.25. The number of nitrogens with zero attached hydrogens (tertiary/aromatic N) is 1. The molecule has 0 aliphatic carbocycles. The van der Waals surface area contributed by atoms with Crippen LogP contribution in [0.5, 0.6) is 0 Å². The van der Waals surface area contributed by atoms with Gasteiger partial charge in [-0.3, -0.25) is 4.79 Å². The fraction of sp³-hybridized carbons (Fsp3) is 0.273. The van der Waals surface area contributed by atoms with Crippen molar-refractivity contribution in [3.63, 3.8) is 0 Å². The van der Waals surface area contributed by atoms with E-state index in [2.05, 4.69) is 4.99 Å². The van der Waals surface area contributed by atoms with Crippen LogP contribution in [0.25, 0.3) is 0 Å². The zero-order valence-corrected chi connectivity index (χ0v) is 12.0. The number of hydrogen-bond acceptors (Lipinski definition) is 3. The normalized spacial score (nSPS) is 12.3. The first-order valence-electron chi connectivity index (χ1n) is 5.02. The minimum atomic E-state index is -1.28. The first-order valence-corrected chi connectivity index (χ1v) is 5.02. The van der Waals surface area contributed by atoms with Gasteiger partial charge in [-0.2, -0.15) is 0 Å². The number of nitrogens with two attached hydrogens (primary N) is 3. The minimum Gasteiger partial charge on any atom is -0.480 e. The Morgan fingerprint density at radius 3 is 2.11 bits per heavy atom. The second-order valence-electron chi connectivity index (χ2n) is 4.10. The molecule has 6 nitrogen and oxygen atoms in total. The molecule has 0 fully saturated rings. The second-order valence-corrected chi connectivity index (χ2v) is 4.10. The summed E-state index contributed by atoms with van der Waals surface area (Å²) in [5.74, 6) is -1.06. The summed E-state index contributed by atoms with van der Waals surface area (Å²) in [5, 5.41) is 8.90. The van der Waals surface area contributed by atoms with Crippen molar-refractivity contribution in [2.24, 2.45) is 22.2 Å². The molecule has 1 aromatic carbocycles. The van der Waals surface area contributed by atoms with Gasteiger partial charge in [0.2, 0.25) is 0 Å². The van der Waals surface area contributed by atoms with Crippen molar-refractivity contribution in [2.45, 2.75) is 18.9 Å². The Hall–Kier alpha value is -1.50. The van der Waals surface area contributed by atoms with Gasteiger partial charge in [0, 0.05) is 6.42 Å². The molecule has 0 bridgehead atoms. The van der Waals surface area contributed by atoms with Crippen LogP contribution in [0.15, 0.2) is 29.3 Å². The highest BCUT2D eigenvalue weighted by molar-refractivity contribution is 5.85. The number of carboxylic acids is 1. The molecule has 1 rings (SSSR count). The lowest BCUT2D eigenvalue weighted by atomic mass is 9.94. The lowest BCUT2D eigenvalue weighted by Gasteiger charge is -2.18. The quantitative estimate of drug-likeness (QED) is 0.482.